The first-order valence-electron chi connectivity index (χ1n) is 6.74. The van der Waals surface area contributed by atoms with Crippen LogP contribution in [0.3, 0.4) is 0 Å². The van der Waals surface area contributed by atoms with Crippen LogP contribution in [0.5, 0.6) is 0 Å². The number of carbonyl (C=O) groups excluding carboxylic acids is 1. The van der Waals surface area contributed by atoms with E-state index in [1.165, 1.54) is 0 Å². The van der Waals surface area contributed by atoms with Crippen LogP contribution >= 0.6 is 0 Å². The van der Waals surface area contributed by atoms with Crippen LogP contribution in [0.1, 0.15) is 40.5 Å². The molecule has 1 saturated heterocycles. The maximum absolute atomic E-state index is 11.6. The maximum atomic E-state index is 11.6. The Morgan fingerprint density at radius 2 is 2.00 bits per heavy atom. The van der Waals surface area contributed by atoms with Gasteiger partial charge in [-0.2, -0.15) is 0 Å². The summed E-state index contributed by atoms with van der Waals surface area (Å²) in [6, 6.07) is 0. The minimum Gasteiger partial charge on any atom is -0.481 e. The first kappa shape index (κ1) is 15.7. The van der Waals surface area contributed by atoms with Crippen molar-refractivity contribution in [1.29, 1.82) is 5.41 Å². The molecule has 5 heteroatoms. The standard InChI is InChI=1S/C14H23NO4/c1-7(2)9(13(16)17)5-11(15)12-6-10(8(3)4)14(18)19-12/h7-10,12,15H,5-6H2,1-4H3,(H,16,17)/t9-,10-,12-/m0/s1. The van der Waals surface area contributed by atoms with Gasteiger partial charge in [-0.05, 0) is 11.8 Å². The number of cyclic esters (lactones) is 1. The molecule has 0 bridgehead atoms. The van der Waals surface area contributed by atoms with Crippen molar-refractivity contribution in [2.45, 2.75) is 46.6 Å². The second-order valence-electron chi connectivity index (χ2n) is 5.93. The lowest BCUT2D eigenvalue weighted by Crippen LogP contribution is -2.28. The summed E-state index contributed by atoms with van der Waals surface area (Å²) in [6.45, 7) is 7.55. The normalized spacial score (nSPS) is 24.6. The lowest BCUT2D eigenvalue weighted by Gasteiger charge is -2.19. The summed E-state index contributed by atoms with van der Waals surface area (Å²) < 4.78 is 5.20. The number of carboxylic acids is 1. The number of aliphatic carboxylic acids is 1. The lowest BCUT2D eigenvalue weighted by molar-refractivity contribution is -0.143. The molecule has 1 heterocycles. The van der Waals surface area contributed by atoms with Crippen LogP contribution in [0, 0.1) is 29.1 Å². The topological polar surface area (TPSA) is 87.5 Å². The summed E-state index contributed by atoms with van der Waals surface area (Å²) in [5.74, 6) is -1.79. The third-order valence-corrected chi connectivity index (χ3v) is 3.78. The van der Waals surface area contributed by atoms with Gasteiger partial charge in [0.1, 0.15) is 6.10 Å². The second kappa shape index (κ2) is 6.17. The average Bonchev–Trinajstić information content (AvgIpc) is 2.67. The van der Waals surface area contributed by atoms with Crippen LogP contribution in [-0.2, 0) is 14.3 Å². The Bertz CT molecular complexity index is 376. The number of carbonyl (C=O) groups is 2. The molecule has 0 saturated carbocycles. The third kappa shape index (κ3) is 3.78. The van der Waals surface area contributed by atoms with Gasteiger partial charge in [-0.25, -0.2) is 0 Å². The Morgan fingerprint density at radius 1 is 1.42 bits per heavy atom. The smallest absolute Gasteiger partial charge is 0.310 e. The molecule has 0 spiro atoms. The lowest BCUT2D eigenvalue weighted by atomic mass is 9.86. The van der Waals surface area contributed by atoms with E-state index in [1.807, 2.05) is 27.7 Å². The molecule has 0 unspecified atom stereocenters. The van der Waals surface area contributed by atoms with Crippen molar-refractivity contribution in [1.82, 2.24) is 0 Å². The van der Waals surface area contributed by atoms with E-state index < -0.39 is 18.0 Å². The predicted molar refractivity (Wildman–Crippen MR) is 71.1 cm³/mol. The van der Waals surface area contributed by atoms with E-state index in [0.29, 0.717) is 6.42 Å². The van der Waals surface area contributed by atoms with Gasteiger partial charge in [0.2, 0.25) is 0 Å². The molecular weight excluding hydrogens is 246 g/mol. The highest BCUT2D eigenvalue weighted by Crippen LogP contribution is 2.30. The molecule has 0 aromatic heterocycles. The molecule has 0 aliphatic carbocycles. The van der Waals surface area contributed by atoms with Crippen LogP contribution in [-0.4, -0.2) is 28.9 Å². The number of esters is 1. The van der Waals surface area contributed by atoms with Crippen molar-refractivity contribution in [3.8, 4) is 0 Å². The fraction of sp³-hybridized carbons (Fsp3) is 0.786. The Morgan fingerprint density at radius 3 is 2.37 bits per heavy atom. The molecule has 0 aromatic carbocycles. The van der Waals surface area contributed by atoms with Crippen LogP contribution in [0.15, 0.2) is 0 Å². The summed E-state index contributed by atoms with van der Waals surface area (Å²) in [5, 5.41) is 17.1. The predicted octanol–water partition coefficient (Wildman–Crippen LogP) is 2.34. The molecule has 3 atom stereocenters. The van der Waals surface area contributed by atoms with E-state index in [0.717, 1.165) is 0 Å². The second-order valence-corrected chi connectivity index (χ2v) is 5.93. The summed E-state index contributed by atoms with van der Waals surface area (Å²) >= 11 is 0. The van der Waals surface area contributed by atoms with Crippen LogP contribution in [0.25, 0.3) is 0 Å². The van der Waals surface area contributed by atoms with Gasteiger partial charge >= 0.3 is 11.9 Å². The van der Waals surface area contributed by atoms with Gasteiger partial charge in [-0.15, -0.1) is 0 Å². The Labute approximate surface area is 113 Å². The van der Waals surface area contributed by atoms with E-state index in [4.69, 9.17) is 15.3 Å². The summed E-state index contributed by atoms with van der Waals surface area (Å²) in [4.78, 5) is 22.8. The molecule has 1 fully saturated rings. The third-order valence-electron chi connectivity index (χ3n) is 3.78. The largest absolute Gasteiger partial charge is 0.481 e. The minimum atomic E-state index is -0.899. The van der Waals surface area contributed by atoms with Gasteiger partial charge in [-0.3, -0.25) is 9.59 Å². The SMILES string of the molecule is CC(C)[C@H](CC(=N)[C@@H]1C[C@@H](C(C)C)C(=O)O1)C(=O)O. The summed E-state index contributed by atoms with van der Waals surface area (Å²) in [7, 11) is 0. The molecular formula is C14H23NO4. The van der Waals surface area contributed by atoms with E-state index >= 15 is 0 Å². The number of hydrogen-bond donors (Lipinski definition) is 2. The average molecular weight is 269 g/mol. The first-order valence-corrected chi connectivity index (χ1v) is 6.74. The Hall–Kier alpha value is -1.39. The highest BCUT2D eigenvalue weighted by molar-refractivity contribution is 5.93. The van der Waals surface area contributed by atoms with Gasteiger partial charge in [0.05, 0.1) is 17.5 Å². The molecule has 2 N–H and O–H groups in total. The molecule has 19 heavy (non-hydrogen) atoms. The number of rotatable bonds is 6. The number of carboxylic acid groups (broad SMARTS) is 1. The zero-order chi connectivity index (χ0) is 14.7. The highest BCUT2D eigenvalue weighted by atomic mass is 16.6. The molecule has 5 nitrogen and oxygen atoms in total. The Kier molecular flexibility index (Phi) is 5.09. The fourth-order valence-electron chi connectivity index (χ4n) is 2.34. The molecule has 0 radical (unpaired) electrons. The molecule has 108 valence electrons. The highest BCUT2D eigenvalue weighted by Gasteiger charge is 2.39. The molecule has 0 aromatic rings. The van der Waals surface area contributed by atoms with Gasteiger partial charge < -0.3 is 15.3 Å². The number of hydrogen-bond acceptors (Lipinski definition) is 4. The molecule has 1 rings (SSSR count). The van der Waals surface area contributed by atoms with Crippen molar-refractivity contribution >= 4 is 17.7 Å². The maximum Gasteiger partial charge on any atom is 0.310 e. The van der Waals surface area contributed by atoms with E-state index in [-0.39, 0.29) is 35.9 Å². The number of nitrogens with one attached hydrogen (secondary N) is 1. The van der Waals surface area contributed by atoms with Crippen molar-refractivity contribution in [2.24, 2.45) is 23.7 Å². The van der Waals surface area contributed by atoms with Crippen LogP contribution in [0.2, 0.25) is 0 Å². The first-order chi connectivity index (χ1) is 8.73. The quantitative estimate of drug-likeness (QED) is 0.572. The van der Waals surface area contributed by atoms with Crippen molar-refractivity contribution < 1.29 is 19.4 Å². The van der Waals surface area contributed by atoms with E-state index in [9.17, 15) is 9.59 Å². The van der Waals surface area contributed by atoms with E-state index in [1.54, 1.807) is 0 Å². The van der Waals surface area contributed by atoms with Crippen LogP contribution in [0.4, 0.5) is 0 Å². The number of ether oxygens (including phenoxy) is 1. The van der Waals surface area contributed by atoms with Gasteiger partial charge in [0, 0.05) is 12.8 Å². The van der Waals surface area contributed by atoms with Crippen LogP contribution < -0.4 is 0 Å². The molecule has 0 amide bonds. The van der Waals surface area contributed by atoms with Crippen molar-refractivity contribution in [3.63, 3.8) is 0 Å². The minimum absolute atomic E-state index is 0.0455. The van der Waals surface area contributed by atoms with Crippen molar-refractivity contribution in [2.75, 3.05) is 0 Å². The summed E-state index contributed by atoms with van der Waals surface area (Å²) in [6.07, 6.45) is 0.107. The van der Waals surface area contributed by atoms with Gasteiger partial charge in [0.25, 0.3) is 0 Å². The fourth-order valence-corrected chi connectivity index (χ4v) is 2.34. The Balaban J connectivity index is 2.65. The van der Waals surface area contributed by atoms with Gasteiger partial charge in [0.15, 0.2) is 0 Å². The molecule has 1 aliphatic rings. The molecule has 1 aliphatic heterocycles. The van der Waals surface area contributed by atoms with E-state index in [2.05, 4.69) is 0 Å². The monoisotopic (exact) mass is 269 g/mol. The zero-order valence-corrected chi connectivity index (χ0v) is 12.0. The van der Waals surface area contributed by atoms with Crippen molar-refractivity contribution in [3.05, 3.63) is 0 Å². The zero-order valence-electron chi connectivity index (χ0n) is 12.0. The summed E-state index contributed by atoms with van der Waals surface area (Å²) in [5.41, 5.74) is 0.220. The van der Waals surface area contributed by atoms with Gasteiger partial charge in [-0.1, -0.05) is 27.7 Å².